The van der Waals surface area contributed by atoms with Gasteiger partial charge in [0.2, 0.25) is 4.96 Å². The largest absolute Gasteiger partial charge is 0.217 e. The lowest BCUT2D eigenvalue weighted by Crippen LogP contribution is -1.96. The van der Waals surface area contributed by atoms with Gasteiger partial charge in [0, 0.05) is 16.5 Å². The molecule has 2 heterocycles. The summed E-state index contributed by atoms with van der Waals surface area (Å²) in [5.41, 5.74) is 3.26. The second kappa shape index (κ2) is 5.30. The highest BCUT2D eigenvalue weighted by Crippen LogP contribution is 2.28. The van der Waals surface area contributed by atoms with E-state index in [1.54, 1.807) is 11.3 Å². The van der Waals surface area contributed by atoms with Crippen LogP contribution in [0.4, 0.5) is 0 Å². The molecule has 1 aromatic carbocycles. The molecule has 3 aromatic rings. The van der Waals surface area contributed by atoms with Crippen molar-refractivity contribution in [2.45, 2.75) is 27.2 Å². The molecule has 0 spiro atoms. The standard InChI is InChI=1S/C15H16BrN3S/c1-9(2)8-13-18-19-10(3)14(17-15(19)20-13)11-4-6-12(16)7-5-11/h4-7,9H,8H2,1-3H3. The Labute approximate surface area is 130 Å². The molecule has 0 fully saturated rings. The van der Waals surface area contributed by atoms with Crippen molar-refractivity contribution in [3.63, 3.8) is 0 Å². The summed E-state index contributed by atoms with van der Waals surface area (Å²) in [6.07, 6.45) is 1.01. The fourth-order valence-corrected chi connectivity index (χ4v) is 3.62. The molecule has 20 heavy (non-hydrogen) atoms. The third kappa shape index (κ3) is 2.52. The van der Waals surface area contributed by atoms with Crippen LogP contribution in [0.15, 0.2) is 28.7 Å². The van der Waals surface area contributed by atoms with E-state index >= 15 is 0 Å². The molecule has 0 radical (unpaired) electrons. The number of imidazole rings is 1. The summed E-state index contributed by atoms with van der Waals surface area (Å²) in [6.45, 7) is 6.50. The number of hydrogen-bond donors (Lipinski definition) is 0. The number of fused-ring (bicyclic) bond motifs is 1. The van der Waals surface area contributed by atoms with Crippen LogP contribution in [0, 0.1) is 12.8 Å². The van der Waals surface area contributed by atoms with Gasteiger partial charge in [0.1, 0.15) is 5.01 Å². The van der Waals surface area contributed by atoms with Gasteiger partial charge in [0.05, 0.1) is 11.4 Å². The lowest BCUT2D eigenvalue weighted by atomic mass is 10.1. The number of rotatable bonds is 3. The Hall–Kier alpha value is -1.20. The first kappa shape index (κ1) is 13.8. The summed E-state index contributed by atoms with van der Waals surface area (Å²) in [6, 6.07) is 8.25. The minimum Gasteiger partial charge on any atom is -0.217 e. The molecule has 0 aliphatic heterocycles. The van der Waals surface area contributed by atoms with Gasteiger partial charge in [-0.3, -0.25) is 0 Å². The summed E-state index contributed by atoms with van der Waals surface area (Å²) in [4.78, 5) is 5.73. The third-order valence-corrected chi connectivity index (χ3v) is 4.63. The first-order valence-electron chi connectivity index (χ1n) is 6.65. The second-order valence-corrected chi connectivity index (χ2v) is 7.30. The molecule has 0 bridgehead atoms. The average molecular weight is 350 g/mol. The molecule has 0 aliphatic rings. The van der Waals surface area contributed by atoms with Crippen molar-refractivity contribution in [1.82, 2.24) is 14.6 Å². The molecule has 2 aromatic heterocycles. The summed E-state index contributed by atoms with van der Waals surface area (Å²) in [7, 11) is 0. The molecular weight excluding hydrogens is 334 g/mol. The van der Waals surface area contributed by atoms with Gasteiger partial charge in [-0.05, 0) is 25.0 Å². The summed E-state index contributed by atoms with van der Waals surface area (Å²) in [5.74, 6) is 0.622. The van der Waals surface area contributed by atoms with Gasteiger partial charge in [-0.1, -0.05) is 53.2 Å². The molecule has 0 aliphatic carbocycles. The topological polar surface area (TPSA) is 30.2 Å². The third-order valence-electron chi connectivity index (χ3n) is 3.17. The van der Waals surface area contributed by atoms with E-state index in [1.807, 2.05) is 16.6 Å². The molecule has 3 nitrogen and oxygen atoms in total. The van der Waals surface area contributed by atoms with Gasteiger partial charge >= 0.3 is 0 Å². The lowest BCUT2D eigenvalue weighted by Gasteiger charge is -2.00. The highest BCUT2D eigenvalue weighted by Gasteiger charge is 2.15. The first-order valence-corrected chi connectivity index (χ1v) is 8.26. The van der Waals surface area contributed by atoms with E-state index in [2.05, 4.69) is 53.9 Å². The predicted molar refractivity (Wildman–Crippen MR) is 87.3 cm³/mol. The van der Waals surface area contributed by atoms with Crippen LogP contribution in [0.25, 0.3) is 16.2 Å². The van der Waals surface area contributed by atoms with E-state index in [1.165, 1.54) is 0 Å². The van der Waals surface area contributed by atoms with E-state index in [0.29, 0.717) is 5.92 Å². The van der Waals surface area contributed by atoms with Gasteiger partial charge < -0.3 is 0 Å². The number of hydrogen-bond acceptors (Lipinski definition) is 3. The predicted octanol–water partition coefficient (Wildman–Crippen LogP) is 4.73. The maximum Gasteiger partial charge on any atom is 0.212 e. The van der Waals surface area contributed by atoms with Crippen LogP contribution in [0.5, 0.6) is 0 Å². The van der Waals surface area contributed by atoms with E-state index < -0.39 is 0 Å². The van der Waals surface area contributed by atoms with Crippen LogP contribution in [0.3, 0.4) is 0 Å². The molecule has 0 amide bonds. The summed E-state index contributed by atoms with van der Waals surface area (Å²) in [5, 5.41) is 5.84. The van der Waals surface area contributed by atoms with Gasteiger partial charge in [0.25, 0.3) is 0 Å². The Bertz CT molecular complexity index is 740. The molecule has 104 valence electrons. The van der Waals surface area contributed by atoms with Crippen LogP contribution in [-0.4, -0.2) is 14.6 Å². The molecule has 0 atom stereocenters. The van der Waals surface area contributed by atoms with Gasteiger partial charge in [-0.2, -0.15) is 5.10 Å². The lowest BCUT2D eigenvalue weighted by molar-refractivity contribution is 0.636. The van der Waals surface area contributed by atoms with E-state index in [4.69, 9.17) is 4.98 Å². The second-order valence-electron chi connectivity index (χ2n) is 5.34. The highest BCUT2D eigenvalue weighted by molar-refractivity contribution is 9.10. The Kier molecular flexibility index (Phi) is 3.65. The number of benzene rings is 1. The van der Waals surface area contributed by atoms with Crippen molar-refractivity contribution in [1.29, 1.82) is 0 Å². The molecule has 3 rings (SSSR count). The number of nitrogens with zero attached hydrogens (tertiary/aromatic N) is 3. The Morgan fingerprint density at radius 1 is 1.25 bits per heavy atom. The Balaban J connectivity index is 2.03. The molecule has 0 N–H and O–H groups in total. The van der Waals surface area contributed by atoms with Crippen LogP contribution < -0.4 is 0 Å². The van der Waals surface area contributed by atoms with E-state index in [-0.39, 0.29) is 0 Å². The Morgan fingerprint density at radius 3 is 2.55 bits per heavy atom. The van der Waals surface area contributed by atoms with Crippen molar-refractivity contribution >= 4 is 32.2 Å². The normalized spacial score (nSPS) is 11.7. The minimum atomic E-state index is 0.622. The van der Waals surface area contributed by atoms with Crippen molar-refractivity contribution in [2.75, 3.05) is 0 Å². The monoisotopic (exact) mass is 349 g/mol. The van der Waals surface area contributed by atoms with Gasteiger partial charge in [0.15, 0.2) is 0 Å². The average Bonchev–Trinajstić information content (AvgIpc) is 2.90. The minimum absolute atomic E-state index is 0.622. The first-order chi connectivity index (χ1) is 9.54. The van der Waals surface area contributed by atoms with Crippen LogP contribution in [0.1, 0.15) is 24.5 Å². The quantitative estimate of drug-likeness (QED) is 0.684. The van der Waals surface area contributed by atoms with Crippen molar-refractivity contribution in [3.8, 4) is 11.3 Å². The summed E-state index contributed by atoms with van der Waals surface area (Å²) < 4.78 is 3.05. The zero-order chi connectivity index (χ0) is 14.3. The molecular formula is C15H16BrN3S. The fraction of sp³-hybridized carbons (Fsp3) is 0.333. The maximum atomic E-state index is 4.74. The summed E-state index contributed by atoms with van der Waals surface area (Å²) >= 11 is 5.15. The molecule has 5 heteroatoms. The fourth-order valence-electron chi connectivity index (χ4n) is 2.20. The SMILES string of the molecule is Cc1c(-c2ccc(Br)cc2)nc2sc(CC(C)C)nn12. The maximum absolute atomic E-state index is 4.74. The van der Waals surface area contributed by atoms with Gasteiger partial charge in [-0.15, -0.1) is 0 Å². The highest BCUT2D eigenvalue weighted by atomic mass is 79.9. The molecule has 0 unspecified atom stereocenters. The Morgan fingerprint density at radius 2 is 1.95 bits per heavy atom. The number of aryl methyl sites for hydroxylation is 1. The van der Waals surface area contributed by atoms with Gasteiger partial charge in [-0.25, -0.2) is 9.50 Å². The van der Waals surface area contributed by atoms with Crippen molar-refractivity contribution in [2.24, 2.45) is 5.92 Å². The number of aromatic nitrogens is 3. The zero-order valence-electron chi connectivity index (χ0n) is 11.7. The van der Waals surface area contributed by atoms with E-state index in [9.17, 15) is 0 Å². The van der Waals surface area contributed by atoms with E-state index in [0.717, 1.165) is 37.8 Å². The van der Waals surface area contributed by atoms with Crippen molar-refractivity contribution in [3.05, 3.63) is 39.4 Å². The number of halogens is 1. The zero-order valence-corrected chi connectivity index (χ0v) is 14.1. The molecule has 0 saturated carbocycles. The van der Waals surface area contributed by atoms with Crippen LogP contribution in [0.2, 0.25) is 0 Å². The van der Waals surface area contributed by atoms with Crippen LogP contribution in [-0.2, 0) is 6.42 Å². The van der Waals surface area contributed by atoms with Crippen LogP contribution >= 0.6 is 27.3 Å². The smallest absolute Gasteiger partial charge is 0.212 e. The van der Waals surface area contributed by atoms with Crippen molar-refractivity contribution < 1.29 is 0 Å². The molecule has 0 saturated heterocycles.